The van der Waals surface area contributed by atoms with E-state index in [0.717, 1.165) is 55.6 Å². The van der Waals surface area contributed by atoms with E-state index < -0.39 is 6.10 Å². The summed E-state index contributed by atoms with van der Waals surface area (Å²) >= 11 is 0. The van der Waals surface area contributed by atoms with Crippen LogP contribution >= 0.6 is 0 Å². The molecule has 2 aliphatic rings. The number of benzene rings is 2. The molecule has 166 valence electrons. The normalized spacial score (nSPS) is 23.9. The standard InChI is InChI=1S/C25H30FNO4/c1-16(29-2)25(28)27-18-8-10-19(11-9-18)30-20-12-14-23-17(15-20)7-13-24(31-23)21-5-3-4-6-22(21)26/h3-6,12,14-16,18-19,24H,7-11,13H2,1-2H3,(H,27,28)/t16-,18-,19-,24?/m1/s1. The van der Waals surface area contributed by atoms with E-state index >= 15 is 0 Å². The average Bonchev–Trinajstić information content (AvgIpc) is 2.79. The molecule has 0 saturated heterocycles. The molecular formula is C25H30FNO4. The minimum Gasteiger partial charge on any atom is -0.490 e. The second kappa shape index (κ2) is 9.69. The first kappa shape index (κ1) is 21.6. The number of rotatable bonds is 6. The quantitative estimate of drug-likeness (QED) is 0.724. The highest BCUT2D eigenvalue weighted by molar-refractivity contribution is 5.80. The Morgan fingerprint density at radius 3 is 2.65 bits per heavy atom. The molecule has 2 aromatic carbocycles. The summed E-state index contributed by atoms with van der Waals surface area (Å²) in [6, 6.07) is 12.9. The maximum atomic E-state index is 14.1. The molecule has 0 bridgehead atoms. The minimum atomic E-state index is -0.426. The molecule has 6 heteroatoms. The van der Waals surface area contributed by atoms with Gasteiger partial charge in [0.1, 0.15) is 29.5 Å². The van der Waals surface area contributed by atoms with Gasteiger partial charge in [-0.15, -0.1) is 0 Å². The first-order valence-electron chi connectivity index (χ1n) is 11.1. The van der Waals surface area contributed by atoms with E-state index in [4.69, 9.17) is 14.2 Å². The van der Waals surface area contributed by atoms with Gasteiger partial charge in [0.2, 0.25) is 5.91 Å². The minimum absolute atomic E-state index is 0.0600. The van der Waals surface area contributed by atoms with Crippen LogP contribution in [-0.2, 0) is 16.0 Å². The van der Waals surface area contributed by atoms with E-state index in [-0.39, 0.29) is 30.0 Å². The van der Waals surface area contributed by atoms with Crippen LogP contribution in [0.5, 0.6) is 11.5 Å². The van der Waals surface area contributed by atoms with Crippen LogP contribution < -0.4 is 14.8 Å². The van der Waals surface area contributed by atoms with Crippen LogP contribution in [0, 0.1) is 5.82 Å². The summed E-state index contributed by atoms with van der Waals surface area (Å²) in [6.07, 6.45) is 4.60. The zero-order chi connectivity index (χ0) is 21.8. The second-order valence-corrected chi connectivity index (χ2v) is 8.41. The Morgan fingerprint density at radius 2 is 1.90 bits per heavy atom. The van der Waals surface area contributed by atoms with Crippen molar-refractivity contribution < 1.29 is 23.4 Å². The number of fused-ring (bicyclic) bond motifs is 1. The van der Waals surface area contributed by atoms with Gasteiger partial charge in [-0.05, 0) is 75.3 Å². The highest BCUT2D eigenvalue weighted by Gasteiger charge is 2.27. The molecule has 1 fully saturated rings. The molecule has 1 saturated carbocycles. The van der Waals surface area contributed by atoms with Crippen LogP contribution in [0.3, 0.4) is 0 Å². The Bertz CT molecular complexity index is 910. The lowest BCUT2D eigenvalue weighted by molar-refractivity contribution is -0.131. The molecule has 5 nitrogen and oxygen atoms in total. The molecular weight excluding hydrogens is 397 g/mol. The summed E-state index contributed by atoms with van der Waals surface area (Å²) in [4.78, 5) is 12.0. The number of ether oxygens (including phenoxy) is 3. The molecule has 0 spiro atoms. The molecule has 4 rings (SSSR count). The first-order valence-corrected chi connectivity index (χ1v) is 11.1. The Balaban J connectivity index is 1.31. The largest absolute Gasteiger partial charge is 0.490 e. The SMILES string of the molecule is CO[C@H](C)C(=O)N[C@H]1CC[C@H](Oc2ccc3c(c2)CCC(c2ccccc2F)O3)CC1. The number of carbonyl (C=O) groups excluding carboxylic acids is 1. The zero-order valence-corrected chi connectivity index (χ0v) is 18.1. The Labute approximate surface area is 182 Å². The smallest absolute Gasteiger partial charge is 0.249 e. The first-order chi connectivity index (χ1) is 15.0. The number of methoxy groups -OCH3 is 1. The Kier molecular flexibility index (Phi) is 6.76. The van der Waals surface area contributed by atoms with Crippen LogP contribution in [0.1, 0.15) is 56.3 Å². The fourth-order valence-corrected chi connectivity index (χ4v) is 4.34. The summed E-state index contributed by atoms with van der Waals surface area (Å²) in [5.74, 6) is 1.35. The molecule has 2 aromatic rings. The van der Waals surface area contributed by atoms with Crippen molar-refractivity contribution in [2.75, 3.05) is 7.11 Å². The lowest BCUT2D eigenvalue weighted by Crippen LogP contribution is -2.43. The maximum Gasteiger partial charge on any atom is 0.249 e. The third-order valence-corrected chi connectivity index (χ3v) is 6.28. The van der Waals surface area contributed by atoms with Crippen molar-refractivity contribution in [3.8, 4) is 11.5 Å². The molecule has 1 heterocycles. The molecule has 1 aliphatic heterocycles. The summed E-state index contributed by atoms with van der Waals surface area (Å²) in [5, 5.41) is 3.05. The van der Waals surface area contributed by atoms with E-state index in [2.05, 4.69) is 5.32 Å². The van der Waals surface area contributed by atoms with Crippen molar-refractivity contribution in [3.05, 3.63) is 59.4 Å². The fraction of sp³-hybridized carbons (Fsp3) is 0.480. The van der Waals surface area contributed by atoms with E-state index in [1.165, 1.54) is 6.07 Å². The Morgan fingerprint density at radius 1 is 1.13 bits per heavy atom. The van der Waals surface area contributed by atoms with Crippen molar-refractivity contribution in [1.82, 2.24) is 5.32 Å². The van der Waals surface area contributed by atoms with Gasteiger partial charge in [-0.1, -0.05) is 18.2 Å². The van der Waals surface area contributed by atoms with E-state index in [9.17, 15) is 9.18 Å². The van der Waals surface area contributed by atoms with Gasteiger partial charge < -0.3 is 19.5 Å². The summed E-state index contributed by atoms with van der Waals surface area (Å²) in [7, 11) is 1.54. The second-order valence-electron chi connectivity index (χ2n) is 8.41. The third-order valence-electron chi connectivity index (χ3n) is 6.28. The van der Waals surface area contributed by atoms with Crippen molar-refractivity contribution in [3.63, 3.8) is 0 Å². The fourth-order valence-electron chi connectivity index (χ4n) is 4.34. The van der Waals surface area contributed by atoms with Gasteiger partial charge in [0.15, 0.2) is 0 Å². The number of aryl methyl sites for hydroxylation is 1. The van der Waals surface area contributed by atoms with Crippen LogP contribution in [0.25, 0.3) is 0 Å². The monoisotopic (exact) mass is 427 g/mol. The highest BCUT2D eigenvalue weighted by Crippen LogP contribution is 2.38. The number of hydrogen-bond donors (Lipinski definition) is 1. The number of hydrogen-bond acceptors (Lipinski definition) is 4. The Hall–Kier alpha value is -2.60. The van der Waals surface area contributed by atoms with Crippen LogP contribution in [0.4, 0.5) is 4.39 Å². The van der Waals surface area contributed by atoms with Gasteiger partial charge in [0.25, 0.3) is 0 Å². The van der Waals surface area contributed by atoms with Gasteiger partial charge in [-0.3, -0.25) is 4.79 Å². The average molecular weight is 428 g/mol. The van der Waals surface area contributed by atoms with Crippen molar-refractivity contribution in [2.24, 2.45) is 0 Å². The predicted molar refractivity (Wildman–Crippen MR) is 116 cm³/mol. The van der Waals surface area contributed by atoms with Crippen molar-refractivity contribution in [1.29, 1.82) is 0 Å². The van der Waals surface area contributed by atoms with E-state index in [0.29, 0.717) is 5.56 Å². The molecule has 0 aromatic heterocycles. The lowest BCUT2D eigenvalue weighted by atomic mass is 9.92. The van der Waals surface area contributed by atoms with E-state index in [1.54, 1.807) is 26.2 Å². The van der Waals surface area contributed by atoms with Gasteiger partial charge >= 0.3 is 0 Å². The topological polar surface area (TPSA) is 56.8 Å². The summed E-state index contributed by atoms with van der Waals surface area (Å²) in [5.41, 5.74) is 1.71. The molecule has 0 radical (unpaired) electrons. The highest BCUT2D eigenvalue weighted by atomic mass is 19.1. The molecule has 1 N–H and O–H groups in total. The van der Waals surface area contributed by atoms with Crippen LogP contribution in [0.2, 0.25) is 0 Å². The predicted octanol–water partition coefficient (Wildman–Crippen LogP) is 4.73. The van der Waals surface area contributed by atoms with Crippen LogP contribution in [-0.4, -0.2) is 31.3 Å². The van der Waals surface area contributed by atoms with Gasteiger partial charge in [0, 0.05) is 18.7 Å². The summed E-state index contributed by atoms with van der Waals surface area (Å²) in [6.45, 7) is 1.75. The molecule has 2 atom stereocenters. The number of nitrogens with one attached hydrogen (secondary N) is 1. The van der Waals surface area contributed by atoms with Crippen molar-refractivity contribution >= 4 is 5.91 Å². The molecule has 1 amide bonds. The van der Waals surface area contributed by atoms with Gasteiger partial charge in [-0.25, -0.2) is 4.39 Å². The third kappa shape index (κ3) is 5.18. The van der Waals surface area contributed by atoms with E-state index in [1.807, 2.05) is 24.3 Å². The lowest BCUT2D eigenvalue weighted by Gasteiger charge is -2.31. The summed E-state index contributed by atoms with van der Waals surface area (Å²) < 4.78 is 31.5. The van der Waals surface area contributed by atoms with Gasteiger partial charge in [-0.2, -0.15) is 0 Å². The maximum absolute atomic E-state index is 14.1. The zero-order valence-electron chi connectivity index (χ0n) is 18.1. The number of carbonyl (C=O) groups is 1. The number of amides is 1. The molecule has 31 heavy (non-hydrogen) atoms. The van der Waals surface area contributed by atoms with Crippen molar-refractivity contribution in [2.45, 2.75) is 69.8 Å². The van der Waals surface area contributed by atoms with Crippen LogP contribution in [0.15, 0.2) is 42.5 Å². The molecule has 1 unspecified atom stereocenters. The van der Waals surface area contributed by atoms with Gasteiger partial charge in [0.05, 0.1) is 6.10 Å². The molecule has 1 aliphatic carbocycles. The number of halogens is 1.